The standard InChI is InChI=1S/C15H21BrFNO/c1-9-6-10(16)11(17)7-12(9)18-13-8-14(2,3)19-15(13,4)5/h6-7,13,18H,8H2,1-5H3. The zero-order chi connectivity index (χ0) is 14.4. The molecule has 0 spiro atoms. The van der Waals surface area contributed by atoms with Gasteiger partial charge in [0.05, 0.1) is 21.7 Å². The first-order valence-corrected chi connectivity index (χ1v) is 7.32. The number of ether oxygens (including phenoxy) is 1. The van der Waals surface area contributed by atoms with Crippen molar-refractivity contribution in [2.24, 2.45) is 0 Å². The molecule has 1 atom stereocenters. The normalized spacial score (nSPS) is 24.5. The minimum absolute atomic E-state index is 0.150. The Balaban J connectivity index is 2.25. The van der Waals surface area contributed by atoms with Crippen LogP contribution in [0.5, 0.6) is 0 Å². The molecule has 2 nitrogen and oxygen atoms in total. The molecule has 0 radical (unpaired) electrons. The lowest BCUT2D eigenvalue weighted by Crippen LogP contribution is -2.38. The van der Waals surface area contributed by atoms with E-state index in [1.54, 1.807) is 12.1 Å². The van der Waals surface area contributed by atoms with Gasteiger partial charge in [-0.3, -0.25) is 0 Å². The van der Waals surface area contributed by atoms with E-state index in [2.05, 4.69) is 48.9 Å². The van der Waals surface area contributed by atoms with Crippen LogP contribution in [-0.4, -0.2) is 17.2 Å². The second-order valence-corrected chi connectivity index (χ2v) is 7.30. The van der Waals surface area contributed by atoms with Crippen LogP contribution in [0.2, 0.25) is 0 Å². The zero-order valence-electron chi connectivity index (χ0n) is 12.1. The molecule has 0 saturated carbocycles. The molecular formula is C15H21BrFNO. The van der Waals surface area contributed by atoms with E-state index in [0.29, 0.717) is 4.47 Å². The number of nitrogens with one attached hydrogen (secondary N) is 1. The second-order valence-electron chi connectivity index (χ2n) is 6.45. The molecule has 19 heavy (non-hydrogen) atoms. The summed E-state index contributed by atoms with van der Waals surface area (Å²) >= 11 is 3.21. The Morgan fingerprint density at radius 1 is 1.32 bits per heavy atom. The van der Waals surface area contributed by atoms with Crippen molar-refractivity contribution in [2.75, 3.05) is 5.32 Å². The fraction of sp³-hybridized carbons (Fsp3) is 0.600. The van der Waals surface area contributed by atoms with Gasteiger partial charge in [-0.1, -0.05) is 0 Å². The van der Waals surface area contributed by atoms with E-state index in [0.717, 1.165) is 17.7 Å². The van der Waals surface area contributed by atoms with E-state index < -0.39 is 0 Å². The number of halogens is 2. The first-order valence-electron chi connectivity index (χ1n) is 6.53. The van der Waals surface area contributed by atoms with Gasteiger partial charge in [0.25, 0.3) is 0 Å². The van der Waals surface area contributed by atoms with Gasteiger partial charge < -0.3 is 10.1 Å². The number of anilines is 1. The highest BCUT2D eigenvalue weighted by atomic mass is 79.9. The van der Waals surface area contributed by atoms with Gasteiger partial charge in [0.1, 0.15) is 5.82 Å². The molecule has 106 valence electrons. The monoisotopic (exact) mass is 329 g/mol. The average Bonchev–Trinajstić information content (AvgIpc) is 2.43. The van der Waals surface area contributed by atoms with E-state index in [1.807, 2.05) is 6.92 Å². The Labute approximate surface area is 122 Å². The molecule has 1 N–H and O–H groups in total. The highest BCUT2D eigenvalue weighted by Gasteiger charge is 2.45. The first kappa shape index (κ1) is 14.8. The van der Waals surface area contributed by atoms with Crippen LogP contribution in [-0.2, 0) is 4.74 Å². The van der Waals surface area contributed by atoms with Crippen LogP contribution in [0.25, 0.3) is 0 Å². The average molecular weight is 330 g/mol. The van der Waals surface area contributed by atoms with Gasteiger partial charge in [0, 0.05) is 5.69 Å². The number of rotatable bonds is 2. The largest absolute Gasteiger partial charge is 0.379 e. The lowest BCUT2D eigenvalue weighted by molar-refractivity contribution is -0.0662. The summed E-state index contributed by atoms with van der Waals surface area (Å²) in [6.07, 6.45) is 0.900. The Bertz CT molecular complexity index is 499. The minimum atomic E-state index is -0.264. The van der Waals surface area contributed by atoms with E-state index in [1.165, 1.54) is 0 Å². The van der Waals surface area contributed by atoms with Crippen molar-refractivity contribution in [2.45, 2.75) is 58.3 Å². The molecular weight excluding hydrogens is 309 g/mol. The van der Waals surface area contributed by atoms with Crippen LogP contribution in [0.15, 0.2) is 16.6 Å². The van der Waals surface area contributed by atoms with Gasteiger partial charge in [-0.05, 0) is 74.7 Å². The molecule has 1 aliphatic rings. The fourth-order valence-corrected chi connectivity index (χ4v) is 3.23. The molecule has 1 unspecified atom stereocenters. The first-order chi connectivity index (χ1) is 8.61. The maximum atomic E-state index is 13.7. The van der Waals surface area contributed by atoms with Crippen molar-refractivity contribution in [3.63, 3.8) is 0 Å². The van der Waals surface area contributed by atoms with Crippen molar-refractivity contribution in [3.8, 4) is 0 Å². The van der Waals surface area contributed by atoms with E-state index in [9.17, 15) is 4.39 Å². The van der Waals surface area contributed by atoms with E-state index >= 15 is 0 Å². The highest BCUT2D eigenvalue weighted by molar-refractivity contribution is 9.10. The van der Waals surface area contributed by atoms with Gasteiger partial charge in [0.2, 0.25) is 0 Å². The van der Waals surface area contributed by atoms with Crippen LogP contribution >= 0.6 is 15.9 Å². The molecule has 1 heterocycles. The number of hydrogen-bond acceptors (Lipinski definition) is 2. The Morgan fingerprint density at radius 2 is 1.95 bits per heavy atom. The zero-order valence-corrected chi connectivity index (χ0v) is 13.7. The smallest absolute Gasteiger partial charge is 0.139 e. The fourth-order valence-electron chi connectivity index (χ4n) is 2.78. The molecule has 1 fully saturated rings. The summed E-state index contributed by atoms with van der Waals surface area (Å²) in [5.74, 6) is -0.246. The van der Waals surface area contributed by atoms with E-state index in [4.69, 9.17) is 4.74 Å². The molecule has 0 aromatic heterocycles. The number of benzene rings is 1. The third-order valence-electron chi connectivity index (χ3n) is 3.67. The molecule has 1 aliphatic heterocycles. The van der Waals surface area contributed by atoms with Crippen molar-refractivity contribution in [1.29, 1.82) is 0 Å². The third-order valence-corrected chi connectivity index (χ3v) is 4.28. The summed E-state index contributed by atoms with van der Waals surface area (Å²) < 4.78 is 20.2. The minimum Gasteiger partial charge on any atom is -0.379 e. The summed E-state index contributed by atoms with van der Waals surface area (Å²) in [4.78, 5) is 0. The summed E-state index contributed by atoms with van der Waals surface area (Å²) in [7, 11) is 0. The molecule has 1 aromatic carbocycles. The Morgan fingerprint density at radius 3 is 2.47 bits per heavy atom. The van der Waals surface area contributed by atoms with Crippen LogP contribution in [0.4, 0.5) is 10.1 Å². The predicted octanol–water partition coefficient (Wildman–Crippen LogP) is 4.65. The molecule has 2 rings (SSSR count). The molecule has 1 saturated heterocycles. The third kappa shape index (κ3) is 3.11. The SMILES string of the molecule is Cc1cc(Br)c(F)cc1NC1CC(C)(C)OC1(C)C. The molecule has 0 bridgehead atoms. The van der Waals surface area contributed by atoms with Crippen LogP contribution < -0.4 is 5.32 Å². The van der Waals surface area contributed by atoms with Crippen molar-refractivity contribution >= 4 is 21.6 Å². The topological polar surface area (TPSA) is 21.3 Å². The summed E-state index contributed by atoms with van der Waals surface area (Å²) in [6, 6.07) is 3.51. The maximum Gasteiger partial charge on any atom is 0.139 e. The van der Waals surface area contributed by atoms with E-state index in [-0.39, 0.29) is 23.1 Å². The van der Waals surface area contributed by atoms with Gasteiger partial charge in [-0.2, -0.15) is 0 Å². The van der Waals surface area contributed by atoms with Crippen molar-refractivity contribution in [3.05, 3.63) is 28.0 Å². The quantitative estimate of drug-likeness (QED) is 0.852. The number of hydrogen-bond donors (Lipinski definition) is 1. The van der Waals surface area contributed by atoms with Gasteiger partial charge >= 0.3 is 0 Å². The van der Waals surface area contributed by atoms with Crippen LogP contribution in [0.3, 0.4) is 0 Å². The summed E-state index contributed by atoms with van der Waals surface area (Å²) in [5.41, 5.74) is 1.44. The molecule has 0 amide bonds. The van der Waals surface area contributed by atoms with Crippen LogP contribution in [0, 0.1) is 12.7 Å². The Kier molecular flexibility index (Phi) is 3.69. The summed E-state index contributed by atoms with van der Waals surface area (Å²) in [5, 5.41) is 3.44. The molecule has 4 heteroatoms. The van der Waals surface area contributed by atoms with Crippen molar-refractivity contribution < 1.29 is 9.13 Å². The van der Waals surface area contributed by atoms with Crippen molar-refractivity contribution in [1.82, 2.24) is 0 Å². The molecule has 0 aliphatic carbocycles. The Hall–Kier alpha value is -0.610. The summed E-state index contributed by atoms with van der Waals surface area (Å²) in [6.45, 7) is 10.3. The van der Waals surface area contributed by atoms with Gasteiger partial charge in [-0.15, -0.1) is 0 Å². The lowest BCUT2D eigenvalue weighted by atomic mass is 9.94. The van der Waals surface area contributed by atoms with Gasteiger partial charge in [0.15, 0.2) is 0 Å². The maximum absolute atomic E-state index is 13.7. The van der Waals surface area contributed by atoms with Gasteiger partial charge in [-0.25, -0.2) is 4.39 Å². The predicted molar refractivity (Wildman–Crippen MR) is 80.1 cm³/mol. The lowest BCUT2D eigenvalue weighted by Gasteiger charge is -2.29. The number of aryl methyl sites for hydroxylation is 1. The second kappa shape index (κ2) is 4.74. The molecule has 1 aromatic rings. The van der Waals surface area contributed by atoms with Crippen LogP contribution in [0.1, 0.15) is 39.7 Å². The highest BCUT2D eigenvalue weighted by Crippen LogP contribution is 2.39.